The summed E-state index contributed by atoms with van der Waals surface area (Å²) in [5.74, 6) is 0.878. The van der Waals surface area contributed by atoms with Crippen LogP contribution >= 0.6 is 11.6 Å². The number of ether oxygens (including phenoxy) is 1. The number of carbonyl (C=O) groups is 1. The molecule has 2 unspecified atom stereocenters. The van der Waals surface area contributed by atoms with E-state index in [1.807, 2.05) is 25.4 Å². The van der Waals surface area contributed by atoms with E-state index < -0.39 is 0 Å². The molecule has 2 atom stereocenters. The van der Waals surface area contributed by atoms with Crippen LogP contribution in [0.2, 0.25) is 0 Å². The number of halogens is 1. The summed E-state index contributed by atoms with van der Waals surface area (Å²) in [6.07, 6.45) is 8.56. The normalized spacial score (nSPS) is 28.6. The van der Waals surface area contributed by atoms with Gasteiger partial charge in [-0.05, 0) is 37.7 Å². The highest BCUT2D eigenvalue weighted by Crippen LogP contribution is 2.28. The van der Waals surface area contributed by atoms with Crippen LogP contribution in [0.25, 0.3) is 0 Å². The van der Waals surface area contributed by atoms with E-state index in [1.54, 1.807) is 11.2 Å². The van der Waals surface area contributed by atoms with E-state index in [1.165, 1.54) is 5.57 Å². The molecule has 1 aliphatic carbocycles. The number of hydrogen-bond donors (Lipinski definition) is 3. The van der Waals surface area contributed by atoms with Crippen molar-refractivity contribution in [2.24, 2.45) is 4.99 Å². The molecule has 29 heavy (non-hydrogen) atoms. The number of likely N-dealkylation sites (N-methyl/N-ethyl adjacent to an activating group) is 2. The van der Waals surface area contributed by atoms with E-state index in [4.69, 9.17) is 16.3 Å². The quantitative estimate of drug-likeness (QED) is 0.540. The molecule has 1 amide bonds. The first-order valence-corrected chi connectivity index (χ1v) is 10.2. The van der Waals surface area contributed by atoms with Gasteiger partial charge in [-0.2, -0.15) is 0 Å². The maximum atomic E-state index is 12.4. The molecule has 0 aromatic heterocycles. The molecule has 4 aliphatic rings. The molecule has 9 heteroatoms. The summed E-state index contributed by atoms with van der Waals surface area (Å²) in [5.41, 5.74) is 3.28. The van der Waals surface area contributed by atoms with Crippen molar-refractivity contribution in [3.63, 3.8) is 0 Å². The molecule has 0 aromatic rings. The van der Waals surface area contributed by atoms with E-state index >= 15 is 0 Å². The predicted octanol–water partition coefficient (Wildman–Crippen LogP) is 0.822. The predicted molar refractivity (Wildman–Crippen MR) is 113 cm³/mol. The van der Waals surface area contributed by atoms with Crippen molar-refractivity contribution in [2.75, 3.05) is 40.3 Å². The smallest absolute Gasteiger partial charge is 0.248 e. The van der Waals surface area contributed by atoms with Gasteiger partial charge in [-0.3, -0.25) is 4.79 Å². The minimum Gasteiger partial charge on any atom is -0.366 e. The number of nitrogens with one attached hydrogen (secondary N) is 3. The standard InChI is InChI=1S/C20H27ClN6O2/c1-26-6-3-7-27(2)17(28)11-29-16-8-14(4-5-15(16)21)25-20-18-13(10-26)9-22-19(18)23-12-24-20/h4-5,9,12,16,19,22,25H,3,6-8,10-11H2,1-2H3,(H,23,24). The first-order valence-electron chi connectivity index (χ1n) is 9.86. The van der Waals surface area contributed by atoms with Crippen LogP contribution in [0.1, 0.15) is 12.8 Å². The number of rotatable bonds is 0. The summed E-state index contributed by atoms with van der Waals surface area (Å²) in [5, 5.41) is 10.7. The lowest BCUT2D eigenvalue weighted by atomic mass is 10.0. The highest BCUT2D eigenvalue weighted by Gasteiger charge is 2.30. The number of amides is 1. The first-order chi connectivity index (χ1) is 14.0. The Balaban J connectivity index is 1.61. The van der Waals surface area contributed by atoms with Gasteiger partial charge >= 0.3 is 0 Å². The fourth-order valence-electron chi connectivity index (χ4n) is 3.82. The molecule has 0 spiro atoms. The molecule has 4 rings (SSSR count). The molecule has 156 valence electrons. The van der Waals surface area contributed by atoms with Crippen molar-refractivity contribution in [3.05, 3.63) is 46.0 Å². The van der Waals surface area contributed by atoms with Crippen LogP contribution in [0.4, 0.5) is 0 Å². The van der Waals surface area contributed by atoms with Gasteiger partial charge in [-0.1, -0.05) is 11.6 Å². The van der Waals surface area contributed by atoms with Gasteiger partial charge in [0, 0.05) is 49.1 Å². The Hall–Kier alpha value is -2.29. The molecule has 0 saturated carbocycles. The second-order valence-electron chi connectivity index (χ2n) is 7.73. The zero-order valence-electron chi connectivity index (χ0n) is 16.7. The van der Waals surface area contributed by atoms with E-state index in [2.05, 4.69) is 32.9 Å². The Kier molecular flexibility index (Phi) is 5.94. The highest BCUT2D eigenvalue weighted by atomic mass is 35.5. The van der Waals surface area contributed by atoms with Gasteiger partial charge in [0.25, 0.3) is 0 Å². The largest absolute Gasteiger partial charge is 0.366 e. The second kappa shape index (κ2) is 8.61. The van der Waals surface area contributed by atoms with E-state index in [0.717, 1.165) is 36.6 Å². The van der Waals surface area contributed by atoms with Crippen molar-refractivity contribution in [1.82, 2.24) is 25.8 Å². The Bertz CT molecular complexity index is 831. The maximum absolute atomic E-state index is 12.4. The Morgan fingerprint density at radius 2 is 2.14 bits per heavy atom. The monoisotopic (exact) mass is 418 g/mol. The van der Waals surface area contributed by atoms with Crippen molar-refractivity contribution >= 4 is 23.8 Å². The number of carbonyl (C=O) groups excluding carboxylic acids is 1. The number of hydrogen-bond acceptors (Lipinski definition) is 7. The molecule has 3 heterocycles. The second-order valence-corrected chi connectivity index (χ2v) is 8.17. The van der Waals surface area contributed by atoms with Crippen LogP contribution in [0.3, 0.4) is 0 Å². The molecule has 8 nitrogen and oxygen atoms in total. The van der Waals surface area contributed by atoms with Gasteiger partial charge in [0.05, 0.1) is 12.4 Å². The average molecular weight is 419 g/mol. The summed E-state index contributed by atoms with van der Waals surface area (Å²) in [6, 6.07) is 0. The van der Waals surface area contributed by atoms with Gasteiger partial charge < -0.3 is 30.5 Å². The highest BCUT2D eigenvalue weighted by molar-refractivity contribution is 6.30. The lowest BCUT2D eigenvalue weighted by molar-refractivity contribution is -0.136. The number of allylic oxidation sites excluding steroid dienone is 2. The fourth-order valence-corrected chi connectivity index (χ4v) is 4.02. The summed E-state index contributed by atoms with van der Waals surface area (Å²) in [6.45, 7) is 2.39. The van der Waals surface area contributed by atoms with Gasteiger partial charge in [-0.25, -0.2) is 4.99 Å². The van der Waals surface area contributed by atoms with Crippen LogP contribution in [-0.2, 0) is 9.53 Å². The topological polar surface area (TPSA) is 81.2 Å². The Morgan fingerprint density at radius 1 is 1.28 bits per heavy atom. The molecule has 0 fully saturated rings. The molecule has 0 radical (unpaired) electrons. The van der Waals surface area contributed by atoms with Gasteiger partial charge in [0.1, 0.15) is 18.6 Å². The maximum Gasteiger partial charge on any atom is 0.248 e. The fraction of sp³-hybridized carbons (Fsp3) is 0.500. The number of fused-ring (bicyclic) bond motifs is 2. The van der Waals surface area contributed by atoms with Gasteiger partial charge in [0.15, 0.2) is 0 Å². The molecular formula is C20H27ClN6O2. The van der Waals surface area contributed by atoms with Crippen molar-refractivity contribution in [1.29, 1.82) is 0 Å². The van der Waals surface area contributed by atoms with E-state index in [9.17, 15) is 4.79 Å². The third-order valence-corrected chi connectivity index (χ3v) is 5.86. The third-order valence-electron chi connectivity index (χ3n) is 5.49. The molecule has 3 N–H and O–H groups in total. The van der Waals surface area contributed by atoms with E-state index in [-0.39, 0.29) is 24.8 Å². The van der Waals surface area contributed by atoms with Crippen molar-refractivity contribution in [2.45, 2.75) is 25.1 Å². The molecule has 0 saturated heterocycles. The minimum absolute atomic E-state index is 0.0199. The third kappa shape index (κ3) is 4.49. The lowest BCUT2D eigenvalue weighted by Gasteiger charge is -2.28. The summed E-state index contributed by atoms with van der Waals surface area (Å²) < 4.78 is 5.85. The number of nitrogens with zero attached hydrogens (tertiary/aromatic N) is 3. The van der Waals surface area contributed by atoms with Crippen molar-refractivity contribution in [3.8, 4) is 0 Å². The summed E-state index contributed by atoms with van der Waals surface area (Å²) >= 11 is 6.34. The summed E-state index contributed by atoms with van der Waals surface area (Å²) in [4.78, 5) is 20.9. The van der Waals surface area contributed by atoms with Crippen LogP contribution in [0, 0.1) is 0 Å². The van der Waals surface area contributed by atoms with Crippen LogP contribution in [0.15, 0.2) is 51.0 Å². The Labute approximate surface area is 176 Å². The molecular weight excluding hydrogens is 392 g/mol. The zero-order chi connectivity index (χ0) is 20.4. The summed E-state index contributed by atoms with van der Waals surface area (Å²) in [7, 11) is 3.91. The van der Waals surface area contributed by atoms with Gasteiger partial charge in [0.2, 0.25) is 5.91 Å². The van der Waals surface area contributed by atoms with Gasteiger partial charge in [-0.15, -0.1) is 0 Å². The van der Waals surface area contributed by atoms with Crippen molar-refractivity contribution < 1.29 is 9.53 Å². The van der Waals surface area contributed by atoms with Crippen LogP contribution in [0.5, 0.6) is 0 Å². The average Bonchev–Trinajstić information content (AvgIpc) is 3.11. The number of aliphatic imine (C=N–C) groups is 1. The Morgan fingerprint density at radius 3 is 3.00 bits per heavy atom. The first kappa shape index (κ1) is 20.0. The lowest BCUT2D eigenvalue weighted by Crippen LogP contribution is -2.38. The molecule has 0 aromatic carbocycles. The van der Waals surface area contributed by atoms with Crippen LogP contribution < -0.4 is 16.0 Å². The van der Waals surface area contributed by atoms with Crippen LogP contribution in [-0.4, -0.2) is 74.7 Å². The molecule has 2 bridgehead atoms. The minimum atomic E-state index is -0.337. The van der Waals surface area contributed by atoms with E-state index in [0.29, 0.717) is 18.0 Å². The zero-order valence-corrected chi connectivity index (χ0v) is 17.5. The SMILES string of the molecule is CN1CCCN(C)C(=O)COC2CC(=CC=C2Cl)NC2=C3C(=CNC3N=CN2)C1. The molecule has 3 aliphatic heterocycles.